The molecule has 1 atom stereocenters. The third-order valence-corrected chi connectivity index (χ3v) is 3.94. The molecule has 1 unspecified atom stereocenters. The minimum absolute atomic E-state index is 0.274. The fraction of sp³-hybridized carbons (Fsp3) is 0.294. The van der Waals surface area contributed by atoms with Crippen molar-refractivity contribution in [3.8, 4) is 0 Å². The normalized spacial score (nSPS) is 12.1. The Balaban J connectivity index is 2.17. The zero-order valence-electron chi connectivity index (χ0n) is 12.4. The highest BCUT2D eigenvalue weighted by atomic mass is 79.9. The fourth-order valence-corrected chi connectivity index (χ4v) is 2.60. The number of hydrogen-bond acceptors (Lipinski definition) is 2. The summed E-state index contributed by atoms with van der Waals surface area (Å²) in [5, 5.41) is 3.58. The van der Waals surface area contributed by atoms with Crippen LogP contribution in [0.1, 0.15) is 24.1 Å². The average Bonchev–Trinajstić information content (AvgIpc) is 2.40. The van der Waals surface area contributed by atoms with Crippen molar-refractivity contribution in [1.29, 1.82) is 0 Å². The molecule has 106 valence electrons. The average molecular weight is 333 g/mol. The fourth-order valence-electron chi connectivity index (χ4n) is 2.18. The molecule has 0 aliphatic rings. The standard InChI is InChI=1S/C17H21BrN2/c1-12-10-16(20(3)4)8-9-17(12)19-13(2)14-6-5-7-15(18)11-14/h5-11,13,19H,1-4H3. The third kappa shape index (κ3) is 3.54. The maximum atomic E-state index is 3.58. The summed E-state index contributed by atoms with van der Waals surface area (Å²) in [4.78, 5) is 2.12. The summed E-state index contributed by atoms with van der Waals surface area (Å²) in [7, 11) is 4.12. The van der Waals surface area contributed by atoms with E-state index in [0.717, 1.165) is 4.47 Å². The maximum absolute atomic E-state index is 3.58. The minimum Gasteiger partial charge on any atom is -0.378 e. The summed E-state index contributed by atoms with van der Waals surface area (Å²) in [6, 6.07) is 15.2. The molecular formula is C17H21BrN2. The smallest absolute Gasteiger partial charge is 0.0486 e. The molecule has 0 spiro atoms. The van der Waals surface area contributed by atoms with Crippen LogP contribution in [0.15, 0.2) is 46.9 Å². The first-order valence-electron chi connectivity index (χ1n) is 6.77. The predicted octanol–water partition coefficient (Wildman–Crippen LogP) is 5.00. The third-order valence-electron chi connectivity index (χ3n) is 3.45. The van der Waals surface area contributed by atoms with Gasteiger partial charge in [0, 0.05) is 36.0 Å². The summed E-state index contributed by atoms with van der Waals surface area (Å²) in [5.74, 6) is 0. The molecule has 2 aromatic rings. The summed E-state index contributed by atoms with van der Waals surface area (Å²) >= 11 is 3.52. The lowest BCUT2D eigenvalue weighted by molar-refractivity contribution is 0.881. The van der Waals surface area contributed by atoms with Crippen LogP contribution in [0.2, 0.25) is 0 Å². The molecule has 0 amide bonds. The Labute approximate surface area is 129 Å². The number of halogens is 1. The van der Waals surface area contributed by atoms with Crippen LogP contribution < -0.4 is 10.2 Å². The molecule has 0 aliphatic carbocycles. The number of benzene rings is 2. The monoisotopic (exact) mass is 332 g/mol. The Morgan fingerprint density at radius 2 is 1.85 bits per heavy atom. The van der Waals surface area contributed by atoms with Crippen molar-refractivity contribution in [1.82, 2.24) is 0 Å². The van der Waals surface area contributed by atoms with Crippen LogP contribution in [0, 0.1) is 6.92 Å². The van der Waals surface area contributed by atoms with Crippen LogP contribution in [0.5, 0.6) is 0 Å². The highest BCUT2D eigenvalue weighted by Crippen LogP contribution is 2.26. The summed E-state index contributed by atoms with van der Waals surface area (Å²) in [6.45, 7) is 4.32. The molecule has 2 rings (SSSR count). The number of hydrogen-bond donors (Lipinski definition) is 1. The van der Waals surface area contributed by atoms with Gasteiger partial charge in [-0.2, -0.15) is 0 Å². The van der Waals surface area contributed by atoms with Crippen LogP contribution in [-0.4, -0.2) is 14.1 Å². The van der Waals surface area contributed by atoms with E-state index >= 15 is 0 Å². The van der Waals surface area contributed by atoms with Crippen LogP contribution >= 0.6 is 15.9 Å². The number of nitrogens with one attached hydrogen (secondary N) is 1. The van der Waals surface area contributed by atoms with Gasteiger partial charge in [0.05, 0.1) is 0 Å². The number of anilines is 2. The summed E-state index contributed by atoms with van der Waals surface area (Å²) < 4.78 is 1.11. The highest BCUT2D eigenvalue weighted by molar-refractivity contribution is 9.10. The van der Waals surface area contributed by atoms with Crippen molar-refractivity contribution in [2.24, 2.45) is 0 Å². The molecule has 0 saturated carbocycles. The molecular weight excluding hydrogens is 312 g/mol. The SMILES string of the molecule is Cc1cc(N(C)C)ccc1NC(C)c1cccc(Br)c1. The first-order valence-corrected chi connectivity index (χ1v) is 7.56. The zero-order chi connectivity index (χ0) is 14.7. The summed E-state index contributed by atoms with van der Waals surface area (Å²) in [5.41, 5.74) is 4.94. The van der Waals surface area contributed by atoms with E-state index in [1.807, 2.05) is 6.07 Å². The molecule has 2 aromatic carbocycles. The van der Waals surface area contributed by atoms with E-state index in [1.165, 1.54) is 22.5 Å². The van der Waals surface area contributed by atoms with Crippen LogP contribution in [0.25, 0.3) is 0 Å². The zero-order valence-corrected chi connectivity index (χ0v) is 14.0. The van der Waals surface area contributed by atoms with E-state index in [0.29, 0.717) is 0 Å². The Morgan fingerprint density at radius 1 is 1.10 bits per heavy atom. The summed E-state index contributed by atoms with van der Waals surface area (Å²) in [6.07, 6.45) is 0. The van der Waals surface area contributed by atoms with Gasteiger partial charge in [-0.25, -0.2) is 0 Å². The topological polar surface area (TPSA) is 15.3 Å². The van der Waals surface area contributed by atoms with E-state index in [1.54, 1.807) is 0 Å². The van der Waals surface area contributed by atoms with Gasteiger partial charge in [0.1, 0.15) is 0 Å². The number of nitrogens with zero attached hydrogens (tertiary/aromatic N) is 1. The van der Waals surface area contributed by atoms with Crippen molar-refractivity contribution < 1.29 is 0 Å². The van der Waals surface area contributed by atoms with Gasteiger partial charge in [0.2, 0.25) is 0 Å². The first-order chi connectivity index (χ1) is 9.47. The number of rotatable bonds is 4. The van der Waals surface area contributed by atoms with Gasteiger partial charge in [-0.05, 0) is 55.3 Å². The maximum Gasteiger partial charge on any atom is 0.0486 e. The van der Waals surface area contributed by atoms with Crippen molar-refractivity contribution in [2.75, 3.05) is 24.3 Å². The molecule has 0 aliphatic heterocycles. The molecule has 0 heterocycles. The van der Waals surface area contributed by atoms with Gasteiger partial charge in [-0.3, -0.25) is 0 Å². The predicted molar refractivity (Wildman–Crippen MR) is 91.7 cm³/mol. The van der Waals surface area contributed by atoms with Crippen LogP contribution in [-0.2, 0) is 0 Å². The molecule has 1 N–H and O–H groups in total. The van der Waals surface area contributed by atoms with E-state index in [-0.39, 0.29) is 6.04 Å². The lowest BCUT2D eigenvalue weighted by Gasteiger charge is -2.20. The second kappa shape index (κ2) is 6.31. The van der Waals surface area contributed by atoms with Gasteiger partial charge < -0.3 is 10.2 Å². The van der Waals surface area contributed by atoms with Gasteiger partial charge in [-0.1, -0.05) is 28.1 Å². The van der Waals surface area contributed by atoms with Crippen LogP contribution in [0.4, 0.5) is 11.4 Å². The van der Waals surface area contributed by atoms with Crippen molar-refractivity contribution in [3.05, 3.63) is 58.1 Å². The molecule has 0 radical (unpaired) electrons. The van der Waals surface area contributed by atoms with Crippen molar-refractivity contribution in [2.45, 2.75) is 19.9 Å². The Kier molecular flexibility index (Phi) is 4.71. The second-order valence-corrected chi connectivity index (χ2v) is 6.23. The molecule has 0 bridgehead atoms. The molecule has 0 aromatic heterocycles. The number of aryl methyl sites for hydroxylation is 1. The highest BCUT2D eigenvalue weighted by Gasteiger charge is 2.08. The lowest BCUT2D eigenvalue weighted by Crippen LogP contribution is -2.10. The second-order valence-electron chi connectivity index (χ2n) is 5.31. The quantitative estimate of drug-likeness (QED) is 0.847. The molecule has 0 saturated heterocycles. The minimum atomic E-state index is 0.274. The largest absolute Gasteiger partial charge is 0.378 e. The van der Waals surface area contributed by atoms with Crippen molar-refractivity contribution >= 4 is 27.3 Å². The Hall–Kier alpha value is -1.48. The van der Waals surface area contributed by atoms with Crippen LogP contribution in [0.3, 0.4) is 0 Å². The molecule has 20 heavy (non-hydrogen) atoms. The lowest BCUT2D eigenvalue weighted by atomic mass is 10.1. The van der Waals surface area contributed by atoms with Gasteiger partial charge in [0.15, 0.2) is 0 Å². The van der Waals surface area contributed by atoms with Crippen molar-refractivity contribution in [3.63, 3.8) is 0 Å². The van der Waals surface area contributed by atoms with Gasteiger partial charge in [-0.15, -0.1) is 0 Å². The molecule has 0 fully saturated rings. The van der Waals surface area contributed by atoms with Gasteiger partial charge >= 0.3 is 0 Å². The van der Waals surface area contributed by atoms with E-state index in [4.69, 9.17) is 0 Å². The van der Waals surface area contributed by atoms with E-state index in [9.17, 15) is 0 Å². The van der Waals surface area contributed by atoms with Gasteiger partial charge in [0.25, 0.3) is 0 Å². The first kappa shape index (κ1) is 14.9. The molecule has 2 nitrogen and oxygen atoms in total. The van der Waals surface area contributed by atoms with E-state index in [2.05, 4.69) is 90.5 Å². The van der Waals surface area contributed by atoms with E-state index < -0.39 is 0 Å². The molecule has 3 heteroatoms. The Bertz CT molecular complexity index is 593. The Morgan fingerprint density at radius 3 is 2.45 bits per heavy atom.